The Morgan fingerprint density at radius 1 is 0.870 bits per heavy atom. The smallest absolute Gasteiger partial charge is 0.340 e. The number of benzene rings is 2. The maximum absolute atomic E-state index is 12.1. The maximum atomic E-state index is 12.1. The fourth-order valence-corrected chi connectivity index (χ4v) is 2.64. The summed E-state index contributed by atoms with van der Waals surface area (Å²) >= 11 is 0. The second-order valence-electron chi connectivity index (χ2n) is 5.25. The molecule has 0 saturated carbocycles. The molecule has 0 amide bonds. The summed E-state index contributed by atoms with van der Waals surface area (Å²) in [7, 11) is 1.39. The Hall–Kier alpha value is -2.94. The molecule has 0 bridgehead atoms. The molecule has 3 rings (SSSR count). The van der Waals surface area contributed by atoms with Gasteiger partial charge in [0, 0.05) is 6.20 Å². The van der Waals surface area contributed by atoms with E-state index in [1.54, 1.807) is 6.20 Å². The molecule has 3 aromatic rings. The summed E-state index contributed by atoms with van der Waals surface area (Å²) in [5.41, 5.74) is 5.29. The summed E-state index contributed by atoms with van der Waals surface area (Å²) in [6.07, 6.45) is 1.71. The van der Waals surface area contributed by atoms with E-state index in [0.29, 0.717) is 11.3 Å². The van der Waals surface area contributed by atoms with E-state index in [4.69, 9.17) is 4.74 Å². The van der Waals surface area contributed by atoms with Crippen molar-refractivity contribution in [3.05, 3.63) is 78.1 Å². The minimum absolute atomic E-state index is 0.363. The van der Waals surface area contributed by atoms with Gasteiger partial charge in [-0.25, -0.2) is 4.79 Å². The van der Waals surface area contributed by atoms with Crippen LogP contribution in [0.2, 0.25) is 0 Å². The van der Waals surface area contributed by atoms with E-state index < -0.39 is 0 Å². The first-order chi connectivity index (χ1) is 11.2. The van der Waals surface area contributed by atoms with E-state index in [0.717, 1.165) is 22.3 Å². The zero-order valence-electron chi connectivity index (χ0n) is 13.1. The number of esters is 1. The van der Waals surface area contributed by atoms with E-state index in [2.05, 4.69) is 29.2 Å². The number of pyridine rings is 1. The number of rotatable bonds is 3. The molecule has 0 aliphatic rings. The number of carbonyl (C=O) groups excluding carboxylic acids is 1. The molecule has 2 aromatic carbocycles. The molecular formula is C20H17NO2. The van der Waals surface area contributed by atoms with Gasteiger partial charge in [0.25, 0.3) is 0 Å². The summed E-state index contributed by atoms with van der Waals surface area (Å²) < 4.78 is 4.89. The Kier molecular flexibility index (Phi) is 4.20. The third-order valence-electron chi connectivity index (χ3n) is 3.83. The van der Waals surface area contributed by atoms with Gasteiger partial charge >= 0.3 is 5.97 Å². The minimum atomic E-state index is -0.363. The monoisotopic (exact) mass is 303 g/mol. The average Bonchev–Trinajstić information content (AvgIpc) is 2.62. The van der Waals surface area contributed by atoms with Crippen molar-refractivity contribution in [3.8, 4) is 22.3 Å². The number of nitrogens with zero attached hydrogens (tertiary/aromatic N) is 1. The molecular weight excluding hydrogens is 286 g/mol. The van der Waals surface area contributed by atoms with Crippen molar-refractivity contribution in [2.45, 2.75) is 6.92 Å². The first-order valence-electron chi connectivity index (χ1n) is 7.40. The highest BCUT2D eigenvalue weighted by Crippen LogP contribution is 2.28. The van der Waals surface area contributed by atoms with Crippen LogP contribution in [0.3, 0.4) is 0 Å². The van der Waals surface area contributed by atoms with Gasteiger partial charge in [0.05, 0.1) is 18.4 Å². The fraction of sp³-hybridized carbons (Fsp3) is 0.100. The van der Waals surface area contributed by atoms with E-state index in [1.807, 2.05) is 43.3 Å². The highest BCUT2D eigenvalue weighted by atomic mass is 16.5. The first kappa shape index (κ1) is 15.0. The Balaban J connectivity index is 2.04. The molecule has 0 fully saturated rings. The van der Waals surface area contributed by atoms with Crippen LogP contribution in [0.25, 0.3) is 22.3 Å². The van der Waals surface area contributed by atoms with Crippen molar-refractivity contribution in [1.82, 2.24) is 4.98 Å². The van der Waals surface area contributed by atoms with Crippen LogP contribution < -0.4 is 0 Å². The SMILES string of the molecule is COC(=O)c1c(-c2ccc(-c3ccccc3)cc2)ccnc1C. The number of aryl methyl sites for hydroxylation is 1. The molecule has 0 saturated heterocycles. The number of hydrogen-bond donors (Lipinski definition) is 0. The molecule has 0 unspecified atom stereocenters. The third kappa shape index (κ3) is 2.99. The Morgan fingerprint density at radius 3 is 2.13 bits per heavy atom. The van der Waals surface area contributed by atoms with Crippen LogP contribution in [-0.4, -0.2) is 18.1 Å². The van der Waals surface area contributed by atoms with Gasteiger partial charge in [-0.15, -0.1) is 0 Å². The van der Waals surface area contributed by atoms with Crippen molar-refractivity contribution >= 4 is 5.97 Å². The highest BCUT2D eigenvalue weighted by Gasteiger charge is 2.16. The molecule has 114 valence electrons. The van der Waals surface area contributed by atoms with Gasteiger partial charge in [-0.2, -0.15) is 0 Å². The van der Waals surface area contributed by atoms with Gasteiger partial charge in [0.1, 0.15) is 0 Å². The highest BCUT2D eigenvalue weighted by molar-refractivity contribution is 5.98. The number of hydrogen-bond acceptors (Lipinski definition) is 3. The Bertz CT molecular complexity index is 824. The van der Waals surface area contributed by atoms with Gasteiger partial charge in [-0.3, -0.25) is 4.98 Å². The molecule has 0 atom stereocenters. The summed E-state index contributed by atoms with van der Waals surface area (Å²) in [6.45, 7) is 1.81. The van der Waals surface area contributed by atoms with Gasteiger partial charge in [-0.1, -0.05) is 54.6 Å². The van der Waals surface area contributed by atoms with E-state index in [1.165, 1.54) is 7.11 Å². The predicted octanol–water partition coefficient (Wildman–Crippen LogP) is 4.51. The summed E-state index contributed by atoms with van der Waals surface area (Å²) in [5.74, 6) is -0.363. The second-order valence-corrected chi connectivity index (χ2v) is 5.25. The lowest BCUT2D eigenvalue weighted by Gasteiger charge is -2.11. The fourth-order valence-electron chi connectivity index (χ4n) is 2.64. The van der Waals surface area contributed by atoms with Crippen molar-refractivity contribution in [2.75, 3.05) is 7.11 Å². The molecule has 3 heteroatoms. The summed E-state index contributed by atoms with van der Waals surface area (Å²) in [5, 5.41) is 0. The van der Waals surface area contributed by atoms with Gasteiger partial charge in [0.15, 0.2) is 0 Å². The molecule has 0 aliphatic carbocycles. The first-order valence-corrected chi connectivity index (χ1v) is 7.40. The maximum Gasteiger partial charge on any atom is 0.340 e. The van der Waals surface area contributed by atoms with E-state index in [9.17, 15) is 4.79 Å². The van der Waals surface area contributed by atoms with Gasteiger partial charge in [-0.05, 0) is 35.2 Å². The van der Waals surface area contributed by atoms with Crippen molar-refractivity contribution in [2.24, 2.45) is 0 Å². The van der Waals surface area contributed by atoms with Crippen LogP contribution in [0.4, 0.5) is 0 Å². The average molecular weight is 303 g/mol. The topological polar surface area (TPSA) is 39.2 Å². The molecule has 1 aromatic heterocycles. The normalized spacial score (nSPS) is 10.3. The lowest BCUT2D eigenvalue weighted by molar-refractivity contribution is 0.0600. The standard InChI is InChI=1S/C20H17NO2/c1-14-19(20(22)23-2)18(12-13-21-14)17-10-8-16(9-11-17)15-6-4-3-5-7-15/h3-13H,1-2H3. The quantitative estimate of drug-likeness (QED) is 0.668. The molecule has 23 heavy (non-hydrogen) atoms. The number of ether oxygens (including phenoxy) is 1. The second kappa shape index (κ2) is 6.44. The lowest BCUT2D eigenvalue weighted by Crippen LogP contribution is -2.07. The minimum Gasteiger partial charge on any atom is -0.465 e. The molecule has 0 N–H and O–H groups in total. The van der Waals surface area contributed by atoms with Crippen LogP contribution in [-0.2, 0) is 4.74 Å². The van der Waals surface area contributed by atoms with Crippen LogP contribution in [0.15, 0.2) is 66.9 Å². The third-order valence-corrected chi connectivity index (χ3v) is 3.83. The van der Waals surface area contributed by atoms with Crippen molar-refractivity contribution in [3.63, 3.8) is 0 Å². The molecule has 0 spiro atoms. The summed E-state index contributed by atoms with van der Waals surface area (Å²) in [4.78, 5) is 16.3. The molecule has 1 heterocycles. The summed E-state index contributed by atoms with van der Waals surface area (Å²) in [6, 6.07) is 20.2. The number of aromatic nitrogens is 1. The van der Waals surface area contributed by atoms with E-state index in [-0.39, 0.29) is 5.97 Å². The van der Waals surface area contributed by atoms with Crippen LogP contribution >= 0.6 is 0 Å². The molecule has 3 nitrogen and oxygen atoms in total. The van der Waals surface area contributed by atoms with Gasteiger partial charge < -0.3 is 4.74 Å². The van der Waals surface area contributed by atoms with Crippen LogP contribution in [0.5, 0.6) is 0 Å². The predicted molar refractivity (Wildman–Crippen MR) is 91.2 cm³/mol. The molecule has 0 aliphatic heterocycles. The zero-order valence-corrected chi connectivity index (χ0v) is 13.1. The molecule has 0 radical (unpaired) electrons. The van der Waals surface area contributed by atoms with Crippen molar-refractivity contribution in [1.29, 1.82) is 0 Å². The van der Waals surface area contributed by atoms with Gasteiger partial charge in [0.2, 0.25) is 0 Å². The lowest BCUT2D eigenvalue weighted by atomic mass is 9.97. The number of carbonyl (C=O) groups is 1. The van der Waals surface area contributed by atoms with E-state index >= 15 is 0 Å². The zero-order chi connectivity index (χ0) is 16.2. The van der Waals surface area contributed by atoms with Crippen LogP contribution in [0.1, 0.15) is 16.1 Å². The number of methoxy groups -OCH3 is 1. The van der Waals surface area contributed by atoms with Crippen LogP contribution in [0, 0.1) is 6.92 Å². The Labute approximate surface area is 135 Å². The Morgan fingerprint density at radius 2 is 1.48 bits per heavy atom. The van der Waals surface area contributed by atoms with Crippen molar-refractivity contribution < 1.29 is 9.53 Å². The largest absolute Gasteiger partial charge is 0.465 e.